The highest BCUT2D eigenvalue weighted by atomic mass is 16.5. The summed E-state index contributed by atoms with van der Waals surface area (Å²) in [6.07, 6.45) is 3.36. The maximum absolute atomic E-state index is 8.83. The average molecular weight is 338 g/mol. The quantitative estimate of drug-likeness (QED) is 0.684. The minimum Gasteiger partial charge on any atom is -0.491 e. The van der Waals surface area contributed by atoms with Crippen molar-refractivity contribution in [2.24, 2.45) is 0 Å². The van der Waals surface area contributed by atoms with Gasteiger partial charge in [0.05, 0.1) is 19.4 Å². The van der Waals surface area contributed by atoms with Gasteiger partial charge in [-0.2, -0.15) is 0 Å². The molecule has 25 heavy (non-hydrogen) atoms. The van der Waals surface area contributed by atoms with Crippen molar-refractivity contribution < 1.29 is 14.6 Å². The third-order valence-corrected chi connectivity index (χ3v) is 3.35. The Labute approximate surface area is 145 Å². The van der Waals surface area contributed by atoms with Gasteiger partial charge in [0, 0.05) is 35.8 Å². The summed E-state index contributed by atoms with van der Waals surface area (Å²) in [6, 6.07) is 12.9. The first-order chi connectivity index (χ1) is 12.3. The fraction of sp³-hybridized carbons (Fsp3) is 0.167. The second-order valence-electron chi connectivity index (χ2n) is 5.08. The predicted octanol–water partition coefficient (Wildman–Crippen LogP) is 2.66. The normalized spacial score (nSPS) is 10.3. The average Bonchev–Trinajstić information content (AvgIpc) is 2.67. The Morgan fingerprint density at radius 1 is 1.08 bits per heavy atom. The molecule has 2 heterocycles. The second-order valence-corrected chi connectivity index (χ2v) is 5.08. The number of aromatic nitrogens is 3. The number of hydrogen-bond acceptors (Lipinski definition) is 7. The van der Waals surface area contributed by atoms with Crippen molar-refractivity contribution in [2.75, 3.05) is 25.6 Å². The molecule has 0 amide bonds. The molecule has 128 valence electrons. The van der Waals surface area contributed by atoms with Crippen molar-refractivity contribution in [1.29, 1.82) is 0 Å². The summed E-state index contributed by atoms with van der Waals surface area (Å²) in [4.78, 5) is 12.9. The molecule has 7 heteroatoms. The number of pyridine rings is 1. The van der Waals surface area contributed by atoms with E-state index in [0.717, 1.165) is 16.9 Å². The van der Waals surface area contributed by atoms with Gasteiger partial charge in [-0.3, -0.25) is 0 Å². The zero-order valence-electron chi connectivity index (χ0n) is 13.7. The van der Waals surface area contributed by atoms with Crippen LogP contribution in [-0.2, 0) is 0 Å². The number of aliphatic hydroxyl groups excluding tert-OH is 1. The summed E-state index contributed by atoms with van der Waals surface area (Å²) in [5, 5.41) is 12.0. The van der Waals surface area contributed by atoms with E-state index in [1.165, 1.54) is 0 Å². The van der Waals surface area contributed by atoms with Gasteiger partial charge in [0.1, 0.15) is 12.4 Å². The lowest BCUT2D eigenvalue weighted by Crippen LogP contribution is -2.02. The Morgan fingerprint density at radius 2 is 1.96 bits per heavy atom. The second kappa shape index (κ2) is 8.07. The number of nitrogens with one attached hydrogen (secondary N) is 1. The van der Waals surface area contributed by atoms with Crippen LogP contribution in [0.15, 0.2) is 54.9 Å². The number of ether oxygens (including phenoxy) is 2. The van der Waals surface area contributed by atoms with Crippen LogP contribution in [0.1, 0.15) is 0 Å². The standard InChI is InChI=1S/C18H18N4O3/c1-24-17-11-13(5-7-19-17)16-6-8-20-18(22-16)21-14-3-2-4-15(12-14)25-10-9-23/h2-8,11-12,23H,9-10H2,1H3,(H,20,21,22). The van der Waals surface area contributed by atoms with Gasteiger partial charge < -0.3 is 19.9 Å². The van der Waals surface area contributed by atoms with Crippen LogP contribution >= 0.6 is 0 Å². The summed E-state index contributed by atoms with van der Waals surface area (Å²) in [6.45, 7) is 0.220. The minimum absolute atomic E-state index is 0.0296. The summed E-state index contributed by atoms with van der Waals surface area (Å²) >= 11 is 0. The number of anilines is 2. The number of benzene rings is 1. The Morgan fingerprint density at radius 3 is 2.80 bits per heavy atom. The molecule has 0 radical (unpaired) electrons. The summed E-state index contributed by atoms with van der Waals surface area (Å²) in [5.41, 5.74) is 2.43. The number of rotatable bonds is 7. The minimum atomic E-state index is -0.0296. The first-order valence-electron chi connectivity index (χ1n) is 7.72. The molecular formula is C18H18N4O3. The number of methoxy groups -OCH3 is 1. The molecule has 0 spiro atoms. The van der Waals surface area contributed by atoms with Crippen molar-refractivity contribution in [3.63, 3.8) is 0 Å². The molecule has 0 bridgehead atoms. The van der Waals surface area contributed by atoms with E-state index in [1.54, 1.807) is 19.5 Å². The fourth-order valence-electron chi connectivity index (χ4n) is 2.22. The van der Waals surface area contributed by atoms with Crippen LogP contribution in [0.5, 0.6) is 11.6 Å². The highest BCUT2D eigenvalue weighted by Crippen LogP contribution is 2.23. The van der Waals surface area contributed by atoms with Gasteiger partial charge in [0.25, 0.3) is 0 Å². The van der Waals surface area contributed by atoms with E-state index in [1.807, 2.05) is 42.5 Å². The highest BCUT2D eigenvalue weighted by molar-refractivity contribution is 5.63. The topological polar surface area (TPSA) is 89.4 Å². The zero-order chi connectivity index (χ0) is 17.5. The third-order valence-electron chi connectivity index (χ3n) is 3.35. The van der Waals surface area contributed by atoms with Crippen LogP contribution in [0.2, 0.25) is 0 Å². The van der Waals surface area contributed by atoms with Gasteiger partial charge in [0.2, 0.25) is 11.8 Å². The predicted molar refractivity (Wildman–Crippen MR) is 94.1 cm³/mol. The first-order valence-corrected chi connectivity index (χ1v) is 7.72. The molecule has 0 saturated carbocycles. The van der Waals surface area contributed by atoms with Gasteiger partial charge >= 0.3 is 0 Å². The summed E-state index contributed by atoms with van der Waals surface area (Å²) < 4.78 is 10.5. The van der Waals surface area contributed by atoms with Crippen LogP contribution in [0.3, 0.4) is 0 Å². The van der Waals surface area contributed by atoms with Crippen LogP contribution < -0.4 is 14.8 Å². The van der Waals surface area contributed by atoms with Crippen molar-refractivity contribution in [3.8, 4) is 22.9 Å². The van der Waals surface area contributed by atoms with E-state index in [2.05, 4.69) is 20.3 Å². The van der Waals surface area contributed by atoms with E-state index in [9.17, 15) is 0 Å². The van der Waals surface area contributed by atoms with E-state index in [0.29, 0.717) is 17.6 Å². The third kappa shape index (κ3) is 4.42. The SMILES string of the molecule is COc1cc(-c2ccnc(Nc3cccc(OCCO)c3)n2)ccn1. The van der Waals surface area contributed by atoms with E-state index >= 15 is 0 Å². The van der Waals surface area contributed by atoms with Gasteiger partial charge in [0.15, 0.2) is 0 Å². The Bertz CT molecular complexity index is 842. The van der Waals surface area contributed by atoms with Crippen molar-refractivity contribution >= 4 is 11.6 Å². The molecule has 2 aromatic heterocycles. The molecule has 3 aromatic rings. The smallest absolute Gasteiger partial charge is 0.227 e. The molecule has 1 aromatic carbocycles. The Balaban J connectivity index is 1.80. The molecule has 0 aliphatic heterocycles. The molecular weight excluding hydrogens is 320 g/mol. The van der Waals surface area contributed by atoms with E-state index < -0.39 is 0 Å². The molecule has 2 N–H and O–H groups in total. The zero-order valence-corrected chi connectivity index (χ0v) is 13.7. The lowest BCUT2D eigenvalue weighted by Gasteiger charge is -2.09. The van der Waals surface area contributed by atoms with Gasteiger partial charge in [-0.25, -0.2) is 15.0 Å². The van der Waals surface area contributed by atoms with Crippen molar-refractivity contribution in [2.45, 2.75) is 0 Å². The van der Waals surface area contributed by atoms with Gasteiger partial charge in [-0.1, -0.05) is 6.07 Å². The monoisotopic (exact) mass is 338 g/mol. The van der Waals surface area contributed by atoms with Crippen LogP contribution in [-0.4, -0.2) is 40.4 Å². The molecule has 0 aliphatic rings. The Kier molecular flexibility index (Phi) is 5.38. The lowest BCUT2D eigenvalue weighted by atomic mass is 10.2. The van der Waals surface area contributed by atoms with Crippen molar-refractivity contribution in [3.05, 3.63) is 54.9 Å². The number of hydrogen-bond donors (Lipinski definition) is 2. The van der Waals surface area contributed by atoms with Crippen LogP contribution in [0, 0.1) is 0 Å². The molecule has 7 nitrogen and oxygen atoms in total. The van der Waals surface area contributed by atoms with Crippen LogP contribution in [0.25, 0.3) is 11.3 Å². The summed E-state index contributed by atoms with van der Waals surface area (Å²) in [7, 11) is 1.57. The maximum Gasteiger partial charge on any atom is 0.227 e. The Hall–Kier alpha value is -3.19. The first kappa shape index (κ1) is 16.7. The molecule has 0 fully saturated rings. The molecule has 0 unspecified atom stereocenters. The van der Waals surface area contributed by atoms with Gasteiger partial charge in [-0.05, 0) is 24.3 Å². The van der Waals surface area contributed by atoms with Crippen molar-refractivity contribution in [1.82, 2.24) is 15.0 Å². The largest absolute Gasteiger partial charge is 0.491 e. The fourth-order valence-corrected chi connectivity index (χ4v) is 2.22. The molecule has 3 rings (SSSR count). The summed E-state index contributed by atoms with van der Waals surface area (Å²) in [5.74, 6) is 1.65. The van der Waals surface area contributed by atoms with Crippen LogP contribution in [0.4, 0.5) is 11.6 Å². The lowest BCUT2D eigenvalue weighted by molar-refractivity contribution is 0.201. The van der Waals surface area contributed by atoms with Gasteiger partial charge in [-0.15, -0.1) is 0 Å². The van der Waals surface area contributed by atoms with E-state index in [-0.39, 0.29) is 13.2 Å². The number of aliphatic hydroxyl groups is 1. The maximum atomic E-state index is 8.83. The number of nitrogens with zero attached hydrogens (tertiary/aromatic N) is 3. The molecule has 0 saturated heterocycles. The highest BCUT2D eigenvalue weighted by Gasteiger charge is 2.05. The molecule has 0 atom stereocenters. The molecule has 0 aliphatic carbocycles. The van der Waals surface area contributed by atoms with E-state index in [4.69, 9.17) is 14.6 Å².